The number of aromatic hydroxyl groups is 1. The molecule has 0 saturated carbocycles. The molecule has 0 radical (unpaired) electrons. The van der Waals surface area contributed by atoms with Crippen molar-refractivity contribution in [2.75, 3.05) is 6.61 Å². The lowest BCUT2D eigenvalue weighted by Crippen LogP contribution is -2.07. The Kier molecular flexibility index (Phi) is 7.30. The summed E-state index contributed by atoms with van der Waals surface area (Å²) in [5.74, 6) is 5.41. The fraction of sp³-hybridized carbons (Fsp3) is 0.160. The number of alkyl halides is 3. The van der Waals surface area contributed by atoms with E-state index in [0.29, 0.717) is 47.4 Å². The fourth-order valence-corrected chi connectivity index (χ4v) is 3.20. The summed E-state index contributed by atoms with van der Waals surface area (Å²) in [4.78, 5) is 0. The average Bonchev–Trinajstić information content (AvgIpc) is 2.76. The molecule has 3 rings (SSSR count). The molecule has 0 spiro atoms. The SMILES string of the molecule is N#Cc1ccc(C#Cc2ccc(O)cc2C(F)(F)F)c(CCCOc2ccccc2Cl)c1. The van der Waals surface area contributed by atoms with E-state index in [0.717, 1.165) is 17.7 Å². The lowest BCUT2D eigenvalue weighted by atomic mass is 9.99. The molecule has 1 N–H and O–H groups in total. The maximum atomic E-state index is 13.3. The van der Waals surface area contributed by atoms with Crippen LogP contribution in [0.4, 0.5) is 13.2 Å². The second kappa shape index (κ2) is 10.1. The summed E-state index contributed by atoms with van der Waals surface area (Å²) in [5.41, 5.74) is 0.425. The topological polar surface area (TPSA) is 53.2 Å². The highest BCUT2D eigenvalue weighted by atomic mass is 35.5. The molecule has 0 aromatic heterocycles. The Labute approximate surface area is 188 Å². The summed E-state index contributed by atoms with van der Waals surface area (Å²) in [6.07, 6.45) is -3.56. The van der Waals surface area contributed by atoms with Crippen molar-refractivity contribution in [1.29, 1.82) is 5.26 Å². The molecular formula is C25H17ClF3NO2. The van der Waals surface area contributed by atoms with E-state index >= 15 is 0 Å². The quantitative estimate of drug-likeness (QED) is 0.360. The third-order valence-electron chi connectivity index (χ3n) is 4.56. The Bertz CT molecular complexity index is 1220. The van der Waals surface area contributed by atoms with Crippen LogP contribution in [-0.4, -0.2) is 11.7 Å². The van der Waals surface area contributed by atoms with Gasteiger partial charge < -0.3 is 9.84 Å². The first-order valence-electron chi connectivity index (χ1n) is 9.60. The number of rotatable bonds is 5. The monoisotopic (exact) mass is 455 g/mol. The Hall–Kier alpha value is -3.61. The smallest absolute Gasteiger partial charge is 0.417 e. The predicted octanol–water partition coefficient (Wildman–Crippen LogP) is 6.35. The van der Waals surface area contributed by atoms with E-state index in [4.69, 9.17) is 16.3 Å². The Morgan fingerprint density at radius 1 is 0.969 bits per heavy atom. The van der Waals surface area contributed by atoms with Gasteiger partial charge in [0.25, 0.3) is 0 Å². The molecule has 32 heavy (non-hydrogen) atoms. The highest BCUT2D eigenvalue weighted by Gasteiger charge is 2.33. The number of hydrogen-bond acceptors (Lipinski definition) is 3. The van der Waals surface area contributed by atoms with Gasteiger partial charge in [0.2, 0.25) is 0 Å². The summed E-state index contributed by atoms with van der Waals surface area (Å²) in [6, 6.07) is 16.9. The van der Waals surface area contributed by atoms with Crippen LogP contribution in [-0.2, 0) is 12.6 Å². The van der Waals surface area contributed by atoms with Gasteiger partial charge in [0.15, 0.2) is 0 Å². The third-order valence-corrected chi connectivity index (χ3v) is 4.87. The van der Waals surface area contributed by atoms with Crippen LogP contribution in [0.1, 0.15) is 34.2 Å². The minimum absolute atomic E-state index is 0.243. The zero-order valence-corrected chi connectivity index (χ0v) is 17.5. The summed E-state index contributed by atoms with van der Waals surface area (Å²) in [7, 11) is 0. The van der Waals surface area contributed by atoms with Gasteiger partial charge in [-0.25, -0.2) is 0 Å². The summed E-state index contributed by atoms with van der Waals surface area (Å²) < 4.78 is 45.5. The van der Waals surface area contributed by atoms with Gasteiger partial charge in [0.05, 0.1) is 28.8 Å². The number of phenols is 1. The Balaban J connectivity index is 1.81. The molecule has 0 amide bonds. The molecule has 0 bridgehead atoms. The van der Waals surface area contributed by atoms with E-state index in [1.165, 1.54) is 0 Å². The van der Waals surface area contributed by atoms with E-state index in [1.807, 2.05) is 6.07 Å². The van der Waals surface area contributed by atoms with Crippen molar-refractivity contribution < 1.29 is 23.0 Å². The Morgan fingerprint density at radius 2 is 1.69 bits per heavy atom. The largest absolute Gasteiger partial charge is 0.508 e. The van der Waals surface area contributed by atoms with Crippen LogP contribution in [0, 0.1) is 23.2 Å². The van der Waals surface area contributed by atoms with Gasteiger partial charge in [0.1, 0.15) is 11.5 Å². The maximum Gasteiger partial charge on any atom is 0.417 e. The molecule has 7 heteroatoms. The van der Waals surface area contributed by atoms with E-state index < -0.39 is 17.5 Å². The number of aryl methyl sites for hydroxylation is 1. The first-order valence-corrected chi connectivity index (χ1v) is 9.98. The van der Waals surface area contributed by atoms with Crippen LogP contribution in [0.25, 0.3) is 0 Å². The lowest BCUT2D eigenvalue weighted by molar-refractivity contribution is -0.137. The minimum Gasteiger partial charge on any atom is -0.508 e. The van der Waals surface area contributed by atoms with Crippen molar-refractivity contribution in [1.82, 2.24) is 0 Å². The second-order valence-corrected chi connectivity index (χ2v) is 7.25. The third kappa shape index (κ3) is 5.97. The summed E-state index contributed by atoms with van der Waals surface area (Å²) in [5, 5.41) is 19.1. The van der Waals surface area contributed by atoms with Crippen LogP contribution in [0.5, 0.6) is 11.5 Å². The summed E-state index contributed by atoms with van der Waals surface area (Å²) in [6.45, 7) is 0.365. The number of hydrogen-bond donors (Lipinski definition) is 1. The van der Waals surface area contributed by atoms with Crippen molar-refractivity contribution in [2.24, 2.45) is 0 Å². The van der Waals surface area contributed by atoms with Gasteiger partial charge in [-0.05, 0) is 66.9 Å². The van der Waals surface area contributed by atoms with E-state index in [9.17, 15) is 23.5 Å². The maximum absolute atomic E-state index is 13.3. The standard InChI is InChI=1S/C25H17ClF3NO2/c26-23-5-1-2-6-24(23)32-13-3-4-20-14-17(16-30)7-8-18(20)9-10-19-11-12-21(31)15-22(19)25(27,28)29/h1-2,5-8,11-12,14-15,31H,3-4,13H2. The van der Waals surface area contributed by atoms with Gasteiger partial charge in [0, 0.05) is 11.1 Å². The van der Waals surface area contributed by atoms with Crippen molar-refractivity contribution in [3.05, 3.63) is 93.5 Å². The second-order valence-electron chi connectivity index (χ2n) is 6.84. The molecule has 0 fully saturated rings. The van der Waals surface area contributed by atoms with Crippen LogP contribution in [0.3, 0.4) is 0 Å². The average molecular weight is 456 g/mol. The molecular weight excluding hydrogens is 439 g/mol. The van der Waals surface area contributed by atoms with Gasteiger partial charge in [-0.15, -0.1) is 0 Å². The number of nitriles is 1. The first-order chi connectivity index (χ1) is 15.3. The van der Waals surface area contributed by atoms with Crippen molar-refractivity contribution >= 4 is 11.6 Å². The highest BCUT2D eigenvalue weighted by molar-refractivity contribution is 6.32. The van der Waals surface area contributed by atoms with Gasteiger partial charge in [-0.3, -0.25) is 0 Å². The molecule has 3 aromatic rings. The fourth-order valence-electron chi connectivity index (χ4n) is 3.01. The number of ether oxygens (including phenoxy) is 1. The molecule has 0 aliphatic carbocycles. The van der Waals surface area contributed by atoms with E-state index in [2.05, 4.69) is 17.9 Å². The van der Waals surface area contributed by atoms with Crippen LogP contribution in [0.15, 0.2) is 60.7 Å². The van der Waals surface area contributed by atoms with Crippen molar-refractivity contribution in [3.63, 3.8) is 0 Å². The molecule has 0 atom stereocenters. The van der Waals surface area contributed by atoms with Gasteiger partial charge >= 0.3 is 6.18 Å². The molecule has 3 nitrogen and oxygen atoms in total. The highest BCUT2D eigenvalue weighted by Crippen LogP contribution is 2.34. The van der Waals surface area contributed by atoms with Crippen molar-refractivity contribution in [2.45, 2.75) is 19.0 Å². The molecule has 162 valence electrons. The first kappa shape index (κ1) is 23.1. The number of nitrogens with zero attached hydrogens (tertiary/aromatic N) is 1. The Morgan fingerprint density at radius 3 is 2.41 bits per heavy atom. The minimum atomic E-state index is -4.65. The number of halogens is 4. The van der Waals surface area contributed by atoms with Gasteiger partial charge in [-0.2, -0.15) is 18.4 Å². The van der Waals surface area contributed by atoms with E-state index in [1.54, 1.807) is 36.4 Å². The van der Waals surface area contributed by atoms with Crippen LogP contribution in [0.2, 0.25) is 5.02 Å². The molecule has 0 heterocycles. The number of benzene rings is 3. The number of phenolic OH excluding ortho intramolecular Hbond substituents is 1. The predicted molar refractivity (Wildman–Crippen MR) is 116 cm³/mol. The molecule has 0 aliphatic rings. The molecule has 0 unspecified atom stereocenters. The zero-order valence-electron chi connectivity index (χ0n) is 16.7. The molecule has 0 aliphatic heterocycles. The summed E-state index contributed by atoms with van der Waals surface area (Å²) >= 11 is 6.06. The van der Waals surface area contributed by atoms with Crippen molar-refractivity contribution in [3.8, 4) is 29.4 Å². The molecule has 3 aromatic carbocycles. The van der Waals surface area contributed by atoms with E-state index in [-0.39, 0.29) is 5.56 Å². The normalized spacial score (nSPS) is 10.7. The number of para-hydroxylation sites is 1. The zero-order chi connectivity index (χ0) is 23.1. The van der Waals surface area contributed by atoms with Crippen LogP contribution >= 0.6 is 11.6 Å². The van der Waals surface area contributed by atoms with Gasteiger partial charge in [-0.1, -0.05) is 35.6 Å². The van der Waals surface area contributed by atoms with Crippen LogP contribution < -0.4 is 4.74 Å². The lowest BCUT2D eigenvalue weighted by Gasteiger charge is -2.10. The molecule has 0 saturated heterocycles.